The Morgan fingerprint density at radius 1 is 1.30 bits per heavy atom. The summed E-state index contributed by atoms with van der Waals surface area (Å²) in [6.45, 7) is 3.65. The zero-order chi connectivity index (χ0) is 14.8. The van der Waals surface area contributed by atoms with Gasteiger partial charge in [-0.1, -0.05) is 22.0 Å². The van der Waals surface area contributed by atoms with Crippen LogP contribution in [0.3, 0.4) is 0 Å². The largest absolute Gasteiger partial charge is 0.264 e. The zero-order valence-corrected chi connectivity index (χ0v) is 13.6. The monoisotopic (exact) mass is 354 g/mol. The molecule has 0 saturated carbocycles. The van der Waals surface area contributed by atoms with Gasteiger partial charge in [0.25, 0.3) is 0 Å². The molecule has 1 N–H and O–H groups in total. The number of sulfonamides is 1. The fourth-order valence-electron chi connectivity index (χ4n) is 1.79. The minimum Gasteiger partial charge on any atom is -0.264 e. The third-order valence-electron chi connectivity index (χ3n) is 2.96. The minimum absolute atomic E-state index is 0.258. The predicted octanol–water partition coefficient (Wildman–Crippen LogP) is 3.19. The molecule has 1 unspecified atom stereocenters. The van der Waals surface area contributed by atoms with E-state index < -0.39 is 10.0 Å². The van der Waals surface area contributed by atoms with Crippen LogP contribution in [0.4, 0.5) is 0 Å². The fourth-order valence-corrected chi connectivity index (χ4v) is 3.35. The SMILES string of the molecule is Cc1cc(S(=O)(=O)NC(C)c2cccnc2)ccc1Br. The van der Waals surface area contributed by atoms with E-state index in [9.17, 15) is 8.42 Å². The van der Waals surface area contributed by atoms with Crippen molar-refractivity contribution in [1.82, 2.24) is 9.71 Å². The van der Waals surface area contributed by atoms with Crippen molar-refractivity contribution in [2.45, 2.75) is 24.8 Å². The normalized spacial score (nSPS) is 13.2. The summed E-state index contributed by atoms with van der Waals surface area (Å²) >= 11 is 3.36. The molecule has 1 aromatic carbocycles. The summed E-state index contributed by atoms with van der Waals surface area (Å²) in [6.07, 6.45) is 3.31. The van der Waals surface area contributed by atoms with Crippen molar-refractivity contribution in [2.75, 3.05) is 0 Å². The van der Waals surface area contributed by atoms with Crippen molar-refractivity contribution < 1.29 is 8.42 Å². The van der Waals surface area contributed by atoms with Crippen LogP contribution in [0.25, 0.3) is 0 Å². The number of rotatable bonds is 4. The Morgan fingerprint density at radius 3 is 2.65 bits per heavy atom. The number of aryl methyl sites for hydroxylation is 1. The topological polar surface area (TPSA) is 59.1 Å². The molecule has 0 aliphatic rings. The van der Waals surface area contributed by atoms with Gasteiger partial charge in [-0.2, -0.15) is 0 Å². The third-order valence-corrected chi connectivity index (χ3v) is 5.38. The highest BCUT2D eigenvalue weighted by molar-refractivity contribution is 9.10. The second-order valence-electron chi connectivity index (χ2n) is 4.54. The van der Waals surface area contributed by atoms with Crippen LogP contribution in [0.1, 0.15) is 24.1 Å². The van der Waals surface area contributed by atoms with Gasteiger partial charge in [-0.15, -0.1) is 0 Å². The molecule has 1 heterocycles. The molecule has 0 aliphatic carbocycles. The summed E-state index contributed by atoms with van der Waals surface area (Å²) in [5.74, 6) is 0. The lowest BCUT2D eigenvalue weighted by Crippen LogP contribution is -2.27. The Labute approximate surface area is 127 Å². The maximum atomic E-state index is 12.3. The van der Waals surface area contributed by atoms with E-state index in [0.29, 0.717) is 0 Å². The fraction of sp³-hybridized carbons (Fsp3) is 0.214. The smallest absolute Gasteiger partial charge is 0.241 e. The second-order valence-corrected chi connectivity index (χ2v) is 7.11. The van der Waals surface area contributed by atoms with E-state index in [4.69, 9.17) is 0 Å². The van der Waals surface area contributed by atoms with Crippen molar-refractivity contribution in [3.63, 3.8) is 0 Å². The Balaban J connectivity index is 2.25. The molecule has 0 bridgehead atoms. The van der Waals surface area contributed by atoms with Crippen LogP contribution in [0.15, 0.2) is 52.1 Å². The molecule has 0 saturated heterocycles. The summed E-state index contributed by atoms with van der Waals surface area (Å²) in [5, 5.41) is 0. The van der Waals surface area contributed by atoms with Crippen LogP contribution in [0, 0.1) is 6.92 Å². The molecular weight excluding hydrogens is 340 g/mol. The molecule has 1 atom stereocenters. The number of hydrogen-bond acceptors (Lipinski definition) is 3. The summed E-state index contributed by atoms with van der Waals surface area (Å²) in [4.78, 5) is 4.25. The number of nitrogens with one attached hydrogen (secondary N) is 1. The van der Waals surface area contributed by atoms with Gasteiger partial charge in [0.15, 0.2) is 0 Å². The van der Waals surface area contributed by atoms with Gasteiger partial charge in [-0.3, -0.25) is 4.98 Å². The van der Waals surface area contributed by atoms with Crippen molar-refractivity contribution in [2.24, 2.45) is 0 Å². The van der Waals surface area contributed by atoms with Crippen molar-refractivity contribution in [1.29, 1.82) is 0 Å². The zero-order valence-electron chi connectivity index (χ0n) is 11.2. The van der Waals surface area contributed by atoms with Crippen LogP contribution >= 0.6 is 15.9 Å². The number of halogens is 1. The summed E-state index contributed by atoms with van der Waals surface area (Å²) in [7, 11) is -3.55. The summed E-state index contributed by atoms with van der Waals surface area (Å²) in [5.41, 5.74) is 1.70. The van der Waals surface area contributed by atoms with Gasteiger partial charge < -0.3 is 0 Å². The number of pyridine rings is 1. The second kappa shape index (κ2) is 6.03. The minimum atomic E-state index is -3.55. The Bertz CT molecular complexity index is 702. The molecule has 2 aromatic rings. The van der Waals surface area contributed by atoms with Gasteiger partial charge >= 0.3 is 0 Å². The quantitative estimate of drug-likeness (QED) is 0.916. The number of nitrogens with zero attached hydrogens (tertiary/aromatic N) is 1. The number of benzene rings is 1. The first kappa shape index (κ1) is 15.2. The maximum Gasteiger partial charge on any atom is 0.241 e. The first-order valence-corrected chi connectivity index (χ1v) is 8.36. The van der Waals surface area contributed by atoms with E-state index in [-0.39, 0.29) is 10.9 Å². The molecule has 2 rings (SSSR count). The number of aromatic nitrogens is 1. The van der Waals surface area contributed by atoms with E-state index >= 15 is 0 Å². The first-order chi connectivity index (χ1) is 9.40. The molecule has 106 valence electrons. The van der Waals surface area contributed by atoms with Gasteiger partial charge in [0.05, 0.1) is 4.90 Å². The van der Waals surface area contributed by atoms with E-state index in [0.717, 1.165) is 15.6 Å². The van der Waals surface area contributed by atoms with Gasteiger partial charge in [0.1, 0.15) is 0 Å². The van der Waals surface area contributed by atoms with E-state index in [1.165, 1.54) is 0 Å². The molecule has 20 heavy (non-hydrogen) atoms. The summed E-state index contributed by atoms with van der Waals surface area (Å²) < 4.78 is 28.2. The Kier molecular flexibility index (Phi) is 4.57. The van der Waals surface area contributed by atoms with Gasteiger partial charge in [-0.05, 0) is 49.2 Å². The summed E-state index contributed by atoms with van der Waals surface area (Å²) in [6, 6.07) is 8.24. The average molecular weight is 355 g/mol. The molecule has 6 heteroatoms. The molecule has 0 radical (unpaired) electrons. The van der Waals surface area contributed by atoms with Gasteiger partial charge in [0.2, 0.25) is 10.0 Å². The van der Waals surface area contributed by atoms with E-state index in [1.54, 1.807) is 43.6 Å². The van der Waals surface area contributed by atoms with Gasteiger partial charge in [-0.25, -0.2) is 13.1 Å². The van der Waals surface area contributed by atoms with Crippen LogP contribution in [-0.2, 0) is 10.0 Å². The molecule has 4 nitrogen and oxygen atoms in total. The average Bonchev–Trinajstić information content (AvgIpc) is 2.42. The molecule has 0 aliphatic heterocycles. The third kappa shape index (κ3) is 3.45. The predicted molar refractivity (Wildman–Crippen MR) is 81.9 cm³/mol. The molecule has 0 spiro atoms. The first-order valence-electron chi connectivity index (χ1n) is 6.08. The van der Waals surface area contributed by atoms with E-state index in [1.807, 2.05) is 13.0 Å². The van der Waals surface area contributed by atoms with Crippen LogP contribution < -0.4 is 4.72 Å². The van der Waals surface area contributed by atoms with Crippen molar-refractivity contribution in [3.8, 4) is 0 Å². The standard InChI is InChI=1S/C14H15BrN2O2S/c1-10-8-13(5-6-14(10)15)20(18,19)17-11(2)12-4-3-7-16-9-12/h3-9,11,17H,1-2H3. The molecule has 1 aromatic heterocycles. The highest BCUT2D eigenvalue weighted by Gasteiger charge is 2.18. The highest BCUT2D eigenvalue weighted by Crippen LogP contribution is 2.21. The van der Waals surface area contributed by atoms with Crippen molar-refractivity contribution in [3.05, 3.63) is 58.3 Å². The maximum absolute atomic E-state index is 12.3. The lowest BCUT2D eigenvalue weighted by molar-refractivity contribution is 0.566. The van der Waals surface area contributed by atoms with Gasteiger partial charge in [0, 0.05) is 22.9 Å². The highest BCUT2D eigenvalue weighted by atomic mass is 79.9. The van der Waals surface area contributed by atoms with E-state index in [2.05, 4.69) is 25.6 Å². The molecule has 0 amide bonds. The Morgan fingerprint density at radius 2 is 2.05 bits per heavy atom. The molecule has 0 fully saturated rings. The van der Waals surface area contributed by atoms with Crippen LogP contribution in [0.2, 0.25) is 0 Å². The lowest BCUT2D eigenvalue weighted by Gasteiger charge is -2.14. The van der Waals surface area contributed by atoms with Crippen LogP contribution in [0.5, 0.6) is 0 Å². The lowest BCUT2D eigenvalue weighted by atomic mass is 10.2. The van der Waals surface area contributed by atoms with Crippen molar-refractivity contribution >= 4 is 26.0 Å². The molecular formula is C14H15BrN2O2S. The Hall–Kier alpha value is -1.24. The number of hydrogen-bond donors (Lipinski definition) is 1. The van der Waals surface area contributed by atoms with Crippen LogP contribution in [-0.4, -0.2) is 13.4 Å².